The minimum atomic E-state index is -4.41. The Morgan fingerprint density at radius 3 is 2.50 bits per heavy atom. The van der Waals surface area contributed by atoms with Gasteiger partial charge in [0, 0.05) is 30.5 Å². The summed E-state index contributed by atoms with van der Waals surface area (Å²) in [5.41, 5.74) is 0.263. The van der Waals surface area contributed by atoms with Crippen LogP contribution in [0, 0.1) is 0 Å². The summed E-state index contributed by atoms with van der Waals surface area (Å²) in [6, 6.07) is 6.51. The minimum Gasteiger partial charge on any atom is -0.387 e. The molecule has 1 aromatic heterocycles. The van der Waals surface area contributed by atoms with Gasteiger partial charge in [-0.2, -0.15) is 13.2 Å². The third kappa shape index (κ3) is 4.43. The number of hydrogen-bond donors (Lipinski definition) is 2. The van der Waals surface area contributed by atoms with E-state index in [1.165, 1.54) is 6.07 Å². The number of alkyl halides is 3. The summed E-state index contributed by atoms with van der Waals surface area (Å²) >= 11 is 5.90. The first-order valence-electron chi connectivity index (χ1n) is 6.52. The number of benzene rings is 1. The molecule has 0 amide bonds. The average Bonchev–Trinajstić information content (AvgIpc) is 2.48. The van der Waals surface area contributed by atoms with E-state index in [1.807, 2.05) is 0 Å². The Morgan fingerprint density at radius 1 is 1.18 bits per heavy atom. The van der Waals surface area contributed by atoms with Gasteiger partial charge in [-0.15, -0.1) is 0 Å². The molecule has 1 heterocycles. The fourth-order valence-corrected chi connectivity index (χ4v) is 2.12. The maximum Gasteiger partial charge on any atom is 0.416 e. The predicted molar refractivity (Wildman–Crippen MR) is 77.4 cm³/mol. The Kier molecular flexibility index (Phi) is 5.39. The quantitative estimate of drug-likeness (QED) is 0.881. The lowest BCUT2D eigenvalue weighted by atomic mass is 10.1. The predicted octanol–water partition coefficient (Wildman–Crippen LogP) is 3.58. The van der Waals surface area contributed by atoms with Crippen LogP contribution >= 0.6 is 11.6 Å². The molecule has 1 aromatic carbocycles. The molecule has 22 heavy (non-hydrogen) atoms. The van der Waals surface area contributed by atoms with Gasteiger partial charge < -0.3 is 10.4 Å². The Balaban J connectivity index is 1.97. The van der Waals surface area contributed by atoms with Crippen molar-refractivity contribution in [1.29, 1.82) is 0 Å². The Morgan fingerprint density at radius 2 is 1.86 bits per heavy atom. The first-order chi connectivity index (χ1) is 10.4. The molecule has 0 radical (unpaired) electrons. The van der Waals surface area contributed by atoms with Gasteiger partial charge in [-0.25, -0.2) is 0 Å². The number of rotatable bonds is 5. The van der Waals surface area contributed by atoms with E-state index in [2.05, 4.69) is 10.3 Å². The largest absolute Gasteiger partial charge is 0.416 e. The van der Waals surface area contributed by atoms with E-state index in [4.69, 9.17) is 11.6 Å². The molecule has 2 rings (SSSR count). The maximum atomic E-state index is 12.7. The first-order valence-corrected chi connectivity index (χ1v) is 6.90. The van der Waals surface area contributed by atoms with Crippen molar-refractivity contribution in [2.45, 2.75) is 18.8 Å². The first kappa shape index (κ1) is 16.7. The number of aromatic nitrogens is 1. The number of nitrogens with one attached hydrogen (secondary N) is 1. The van der Waals surface area contributed by atoms with Crippen LogP contribution in [-0.2, 0) is 12.7 Å². The lowest BCUT2D eigenvalue weighted by molar-refractivity contribution is -0.137. The highest BCUT2D eigenvalue weighted by atomic mass is 35.5. The average molecular weight is 331 g/mol. The molecule has 0 fully saturated rings. The van der Waals surface area contributed by atoms with Crippen LogP contribution in [0.1, 0.15) is 22.8 Å². The van der Waals surface area contributed by atoms with Crippen LogP contribution in [0.25, 0.3) is 0 Å². The van der Waals surface area contributed by atoms with Crippen molar-refractivity contribution in [2.75, 3.05) is 6.54 Å². The van der Waals surface area contributed by atoms with Crippen LogP contribution in [0.5, 0.6) is 0 Å². The molecule has 1 atom stereocenters. The summed E-state index contributed by atoms with van der Waals surface area (Å²) in [7, 11) is 0. The molecule has 1 unspecified atom stereocenters. The van der Waals surface area contributed by atoms with Gasteiger partial charge in [0.05, 0.1) is 11.7 Å². The molecule has 2 N–H and O–H groups in total. The second-order valence-corrected chi connectivity index (χ2v) is 5.14. The molecular formula is C15H14ClF3N2O. The van der Waals surface area contributed by atoms with Crippen molar-refractivity contribution in [2.24, 2.45) is 0 Å². The SMILES string of the molecule is OC(CNCc1cc(C(F)(F)F)ccc1Cl)c1ccncc1. The molecule has 2 aromatic rings. The van der Waals surface area contributed by atoms with Gasteiger partial charge in [0.2, 0.25) is 0 Å². The number of pyridine rings is 1. The van der Waals surface area contributed by atoms with Crippen LogP contribution in [0.4, 0.5) is 13.2 Å². The monoisotopic (exact) mass is 330 g/mol. The zero-order valence-corrected chi connectivity index (χ0v) is 12.2. The summed E-state index contributed by atoms with van der Waals surface area (Å²) in [5, 5.41) is 13.1. The Hall–Kier alpha value is -1.63. The van der Waals surface area contributed by atoms with Gasteiger partial charge in [-0.3, -0.25) is 4.98 Å². The lowest BCUT2D eigenvalue weighted by Gasteiger charge is -2.14. The number of halogens is 4. The second kappa shape index (κ2) is 7.09. The second-order valence-electron chi connectivity index (χ2n) is 4.73. The van der Waals surface area contributed by atoms with Gasteiger partial charge in [0.25, 0.3) is 0 Å². The zero-order chi connectivity index (χ0) is 16.2. The van der Waals surface area contributed by atoms with Crippen LogP contribution < -0.4 is 5.32 Å². The van der Waals surface area contributed by atoms with Crippen molar-refractivity contribution >= 4 is 11.6 Å². The van der Waals surface area contributed by atoms with E-state index in [-0.39, 0.29) is 18.1 Å². The van der Waals surface area contributed by atoms with Crippen molar-refractivity contribution in [3.05, 3.63) is 64.4 Å². The smallest absolute Gasteiger partial charge is 0.387 e. The number of aliphatic hydroxyl groups is 1. The van der Waals surface area contributed by atoms with Crippen LogP contribution in [0.2, 0.25) is 5.02 Å². The standard InChI is InChI=1S/C15H14ClF3N2O/c16-13-2-1-12(15(17,18)19)7-11(13)8-21-9-14(22)10-3-5-20-6-4-10/h1-7,14,21-22H,8-9H2. The molecule has 0 saturated carbocycles. The van der Waals surface area contributed by atoms with Gasteiger partial charge in [-0.1, -0.05) is 11.6 Å². The van der Waals surface area contributed by atoms with E-state index >= 15 is 0 Å². The third-order valence-corrected chi connectivity index (χ3v) is 3.49. The molecule has 0 aliphatic rings. The van der Waals surface area contributed by atoms with Crippen molar-refractivity contribution in [1.82, 2.24) is 10.3 Å². The van der Waals surface area contributed by atoms with Crippen LogP contribution in [0.15, 0.2) is 42.7 Å². The Bertz CT molecular complexity index is 620. The Labute approximate surface area is 130 Å². The van der Waals surface area contributed by atoms with E-state index in [1.54, 1.807) is 24.5 Å². The highest BCUT2D eigenvalue weighted by Crippen LogP contribution is 2.31. The van der Waals surface area contributed by atoms with Crippen LogP contribution in [-0.4, -0.2) is 16.6 Å². The molecule has 0 saturated heterocycles. The fourth-order valence-electron chi connectivity index (χ4n) is 1.93. The molecular weight excluding hydrogens is 317 g/mol. The number of hydrogen-bond acceptors (Lipinski definition) is 3. The molecule has 3 nitrogen and oxygen atoms in total. The highest BCUT2D eigenvalue weighted by molar-refractivity contribution is 6.31. The summed E-state index contributed by atoms with van der Waals surface area (Å²) in [6.45, 7) is 0.321. The van der Waals surface area contributed by atoms with Crippen molar-refractivity contribution < 1.29 is 18.3 Å². The van der Waals surface area contributed by atoms with Gasteiger partial charge in [0.15, 0.2) is 0 Å². The summed E-state index contributed by atoms with van der Waals surface area (Å²) in [6.07, 6.45) is -2.06. The number of nitrogens with zero attached hydrogens (tertiary/aromatic N) is 1. The third-order valence-electron chi connectivity index (χ3n) is 3.12. The fraction of sp³-hybridized carbons (Fsp3) is 0.267. The lowest BCUT2D eigenvalue weighted by Crippen LogP contribution is -2.21. The van der Waals surface area contributed by atoms with E-state index in [0.717, 1.165) is 12.1 Å². The van der Waals surface area contributed by atoms with Gasteiger partial charge in [0.1, 0.15) is 0 Å². The van der Waals surface area contributed by atoms with E-state index < -0.39 is 17.8 Å². The normalized spacial score (nSPS) is 13.1. The summed E-state index contributed by atoms with van der Waals surface area (Å²) in [5.74, 6) is 0. The molecule has 118 valence electrons. The van der Waals surface area contributed by atoms with E-state index in [9.17, 15) is 18.3 Å². The molecule has 7 heteroatoms. The molecule has 0 aliphatic heterocycles. The topological polar surface area (TPSA) is 45.1 Å². The van der Waals surface area contributed by atoms with Crippen molar-refractivity contribution in [3.8, 4) is 0 Å². The zero-order valence-electron chi connectivity index (χ0n) is 11.4. The van der Waals surface area contributed by atoms with E-state index in [0.29, 0.717) is 11.1 Å². The maximum absolute atomic E-state index is 12.7. The summed E-state index contributed by atoms with van der Waals surface area (Å²) < 4.78 is 38.0. The molecule has 0 aliphatic carbocycles. The summed E-state index contributed by atoms with van der Waals surface area (Å²) in [4.78, 5) is 3.84. The minimum absolute atomic E-state index is 0.130. The molecule has 0 bridgehead atoms. The van der Waals surface area contributed by atoms with Crippen molar-refractivity contribution in [3.63, 3.8) is 0 Å². The number of aliphatic hydroxyl groups excluding tert-OH is 1. The van der Waals surface area contributed by atoms with Crippen LogP contribution in [0.3, 0.4) is 0 Å². The van der Waals surface area contributed by atoms with Gasteiger partial charge >= 0.3 is 6.18 Å². The highest BCUT2D eigenvalue weighted by Gasteiger charge is 2.30. The molecule has 0 spiro atoms. The van der Waals surface area contributed by atoms with Gasteiger partial charge in [-0.05, 0) is 41.5 Å².